The number of methoxy groups -OCH3 is 1. The van der Waals surface area contributed by atoms with Crippen molar-refractivity contribution < 1.29 is 19.4 Å². The summed E-state index contributed by atoms with van der Waals surface area (Å²) in [5.74, 6) is -1.07. The van der Waals surface area contributed by atoms with Crippen LogP contribution >= 0.6 is 0 Å². The van der Waals surface area contributed by atoms with Crippen LogP contribution in [0.2, 0.25) is 0 Å². The summed E-state index contributed by atoms with van der Waals surface area (Å²) in [4.78, 5) is 25.0. The lowest BCUT2D eigenvalue weighted by Crippen LogP contribution is -2.45. The highest BCUT2D eigenvalue weighted by Crippen LogP contribution is 2.29. The molecule has 1 aliphatic carbocycles. The second-order valence-corrected chi connectivity index (χ2v) is 5.40. The van der Waals surface area contributed by atoms with Crippen LogP contribution in [-0.4, -0.2) is 55.4 Å². The quantitative estimate of drug-likeness (QED) is 0.669. The Morgan fingerprint density at radius 1 is 1.43 bits per heavy atom. The van der Waals surface area contributed by atoms with Gasteiger partial charge in [-0.1, -0.05) is 18.9 Å². The first-order valence-electron chi connectivity index (χ1n) is 7.45. The highest BCUT2D eigenvalue weighted by Gasteiger charge is 2.31. The Morgan fingerprint density at radius 2 is 2.14 bits per heavy atom. The number of carbonyl (C=O) groups excluding carboxylic acids is 1. The molecular formula is C15H26N2O4. The number of hydrogen-bond donors (Lipinski definition) is 2. The number of carboxylic acids is 1. The predicted octanol–water partition coefficient (Wildman–Crippen LogP) is 1.72. The monoisotopic (exact) mass is 298 g/mol. The van der Waals surface area contributed by atoms with E-state index in [0.29, 0.717) is 32.7 Å². The van der Waals surface area contributed by atoms with Crippen LogP contribution in [0.15, 0.2) is 12.7 Å². The molecule has 0 aromatic heterocycles. The molecule has 1 rings (SSSR count). The molecule has 0 aromatic carbocycles. The van der Waals surface area contributed by atoms with Crippen LogP contribution < -0.4 is 5.32 Å². The molecule has 0 aromatic rings. The van der Waals surface area contributed by atoms with E-state index in [1.54, 1.807) is 18.1 Å². The molecule has 21 heavy (non-hydrogen) atoms. The molecule has 2 atom stereocenters. The lowest BCUT2D eigenvalue weighted by atomic mass is 9.79. The molecule has 2 unspecified atom stereocenters. The molecule has 6 nitrogen and oxygen atoms in total. The van der Waals surface area contributed by atoms with Crippen LogP contribution in [0.3, 0.4) is 0 Å². The predicted molar refractivity (Wildman–Crippen MR) is 80.1 cm³/mol. The van der Waals surface area contributed by atoms with Crippen molar-refractivity contribution in [3.8, 4) is 0 Å². The lowest BCUT2D eigenvalue weighted by Gasteiger charge is -2.29. The molecule has 0 saturated heterocycles. The van der Waals surface area contributed by atoms with Gasteiger partial charge in [0, 0.05) is 26.7 Å². The minimum atomic E-state index is -0.753. The van der Waals surface area contributed by atoms with E-state index in [4.69, 9.17) is 4.74 Å². The van der Waals surface area contributed by atoms with Crippen LogP contribution in [0.4, 0.5) is 4.79 Å². The summed E-state index contributed by atoms with van der Waals surface area (Å²) < 4.78 is 4.98. The van der Waals surface area contributed by atoms with Crippen molar-refractivity contribution in [1.82, 2.24) is 10.2 Å². The average Bonchev–Trinajstić information content (AvgIpc) is 2.49. The zero-order valence-electron chi connectivity index (χ0n) is 12.7. The second-order valence-electron chi connectivity index (χ2n) is 5.40. The Kier molecular flexibility index (Phi) is 7.82. The minimum absolute atomic E-state index is 0.0215. The third kappa shape index (κ3) is 5.75. The van der Waals surface area contributed by atoms with E-state index in [1.807, 2.05) is 0 Å². The van der Waals surface area contributed by atoms with Crippen molar-refractivity contribution in [2.45, 2.75) is 25.7 Å². The van der Waals surface area contributed by atoms with Gasteiger partial charge in [0.2, 0.25) is 0 Å². The number of rotatable bonds is 8. The van der Waals surface area contributed by atoms with E-state index in [9.17, 15) is 14.7 Å². The van der Waals surface area contributed by atoms with Crippen LogP contribution in [0.25, 0.3) is 0 Å². The maximum atomic E-state index is 12.1. The summed E-state index contributed by atoms with van der Waals surface area (Å²) in [6, 6.07) is -0.193. The number of carboxylic acid groups (broad SMARTS) is 1. The first-order chi connectivity index (χ1) is 10.1. The molecule has 2 N–H and O–H groups in total. The van der Waals surface area contributed by atoms with Gasteiger partial charge in [0.05, 0.1) is 12.5 Å². The Morgan fingerprint density at radius 3 is 2.76 bits per heavy atom. The fraction of sp³-hybridized carbons (Fsp3) is 0.733. The van der Waals surface area contributed by atoms with Gasteiger partial charge < -0.3 is 20.1 Å². The maximum absolute atomic E-state index is 12.1. The van der Waals surface area contributed by atoms with Gasteiger partial charge in [-0.15, -0.1) is 6.58 Å². The number of nitrogens with one attached hydrogen (secondary N) is 1. The fourth-order valence-electron chi connectivity index (χ4n) is 2.74. The molecule has 2 amide bonds. The normalized spacial score (nSPS) is 21.6. The highest BCUT2D eigenvalue weighted by atomic mass is 16.5. The Balaban J connectivity index is 2.48. The third-order valence-electron chi connectivity index (χ3n) is 3.94. The zero-order chi connectivity index (χ0) is 15.7. The number of nitrogens with zero attached hydrogens (tertiary/aromatic N) is 1. The summed E-state index contributed by atoms with van der Waals surface area (Å²) in [7, 11) is 1.59. The van der Waals surface area contributed by atoms with Crippen molar-refractivity contribution in [3.05, 3.63) is 12.7 Å². The van der Waals surface area contributed by atoms with Gasteiger partial charge >= 0.3 is 12.0 Å². The summed E-state index contributed by atoms with van der Waals surface area (Å²) >= 11 is 0. The van der Waals surface area contributed by atoms with Gasteiger partial charge in [0.25, 0.3) is 0 Å². The van der Waals surface area contributed by atoms with Crippen LogP contribution in [-0.2, 0) is 9.53 Å². The number of hydrogen-bond acceptors (Lipinski definition) is 3. The van der Waals surface area contributed by atoms with Gasteiger partial charge in [-0.2, -0.15) is 0 Å². The molecule has 0 radical (unpaired) electrons. The molecule has 0 heterocycles. The van der Waals surface area contributed by atoms with Gasteiger partial charge in [-0.25, -0.2) is 4.79 Å². The number of carbonyl (C=O) groups is 2. The summed E-state index contributed by atoms with van der Waals surface area (Å²) in [5.41, 5.74) is 0. The van der Waals surface area contributed by atoms with Crippen molar-refractivity contribution >= 4 is 12.0 Å². The van der Waals surface area contributed by atoms with Gasteiger partial charge in [-0.3, -0.25) is 4.79 Å². The molecule has 120 valence electrons. The smallest absolute Gasteiger partial charge is 0.317 e. The molecule has 1 aliphatic rings. The van der Waals surface area contributed by atoms with Crippen molar-refractivity contribution in [3.63, 3.8) is 0 Å². The second kappa shape index (κ2) is 9.39. The van der Waals surface area contributed by atoms with Crippen LogP contribution in [0, 0.1) is 11.8 Å². The number of ether oxygens (including phenoxy) is 1. The molecule has 1 fully saturated rings. The molecule has 6 heteroatoms. The maximum Gasteiger partial charge on any atom is 0.317 e. The molecule has 0 bridgehead atoms. The highest BCUT2D eigenvalue weighted by molar-refractivity contribution is 5.74. The van der Waals surface area contributed by atoms with Gasteiger partial charge in [-0.05, 0) is 18.8 Å². The topological polar surface area (TPSA) is 78.9 Å². The molecule has 0 spiro atoms. The zero-order valence-corrected chi connectivity index (χ0v) is 12.7. The van der Waals surface area contributed by atoms with E-state index >= 15 is 0 Å². The third-order valence-corrected chi connectivity index (χ3v) is 3.94. The SMILES string of the molecule is C=CCN(CCOC)C(=O)NCC1CCCCC1C(=O)O. The van der Waals surface area contributed by atoms with Gasteiger partial charge in [0.1, 0.15) is 0 Å². The first kappa shape index (κ1) is 17.5. The fourth-order valence-corrected chi connectivity index (χ4v) is 2.74. The van der Waals surface area contributed by atoms with E-state index in [0.717, 1.165) is 19.3 Å². The van der Waals surface area contributed by atoms with Crippen molar-refractivity contribution in [2.75, 3.05) is 33.4 Å². The number of amides is 2. The van der Waals surface area contributed by atoms with Crippen LogP contribution in [0.1, 0.15) is 25.7 Å². The number of aliphatic carboxylic acids is 1. The van der Waals surface area contributed by atoms with E-state index in [2.05, 4.69) is 11.9 Å². The Bertz CT molecular complexity index is 360. The largest absolute Gasteiger partial charge is 0.481 e. The van der Waals surface area contributed by atoms with Crippen molar-refractivity contribution in [2.24, 2.45) is 11.8 Å². The van der Waals surface area contributed by atoms with Crippen molar-refractivity contribution in [1.29, 1.82) is 0 Å². The first-order valence-corrected chi connectivity index (χ1v) is 7.45. The van der Waals surface area contributed by atoms with Gasteiger partial charge in [0.15, 0.2) is 0 Å². The standard InChI is InChI=1S/C15H26N2O4/c1-3-8-17(9-10-21-2)15(20)16-11-12-6-4-5-7-13(12)14(18)19/h3,12-13H,1,4-11H2,2H3,(H,16,20)(H,18,19). The average molecular weight is 298 g/mol. The molecule has 1 saturated carbocycles. The number of urea groups is 1. The Labute approximate surface area is 126 Å². The Hall–Kier alpha value is -1.56. The summed E-state index contributed by atoms with van der Waals surface area (Å²) in [6.45, 7) is 5.44. The minimum Gasteiger partial charge on any atom is -0.481 e. The lowest BCUT2D eigenvalue weighted by molar-refractivity contribution is -0.144. The molecule has 0 aliphatic heterocycles. The van der Waals surface area contributed by atoms with E-state index < -0.39 is 5.97 Å². The van der Waals surface area contributed by atoms with Crippen LogP contribution in [0.5, 0.6) is 0 Å². The summed E-state index contributed by atoms with van der Waals surface area (Å²) in [5, 5.41) is 12.1. The molecular weight excluding hydrogens is 272 g/mol. The summed E-state index contributed by atoms with van der Waals surface area (Å²) in [6.07, 6.45) is 5.21. The van der Waals surface area contributed by atoms with E-state index in [1.165, 1.54) is 0 Å². The van der Waals surface area contributed by atoms with E-state index in [-0.39, 0.29) is 17.9 Å².